The lowest BCUT2D eigenvalue weighted by atomic mass is 10.0. The van der Waals surface area contributed by atoms with Gasteiger partial charge in [0.2, 0.25) is 6.35 Å². The van der Waals surface area contributed by atoms with Crippen LogP contribution in [0.5, 0.6) is 0 Å². The lowest BCUT2D eigenvalue weighted by Crippen LogP contribution is -2.48. The molecular formula is C11H16N4O. The first-order chi connectivity index (χ1) is 7.86. The van der Waals surface area contributed by atoms with Crippen LogP contribution in [0, 0.1) is 0 Å². The van der Waals surface area contributed by atoms with Crippen molar-refractivity contribution in [3.63, 3.8) is 0 Å². The van der Waals surface area contributed by atoms with Crippen LogP contribution in [-0.4, -0.2) is 35.6 Å². The Morgan fingerprint density at radius 2 is 2.19 bits per heavy atom. The first-order valence-electron chi connectivity index (χ1n) is 5.75. The molecule has 16 heavy (non-hydrogen) atoms. The van der Waals surface area contributed by atoms with Gasteiger partial charge in [-0.25, -0.2) is 4.98 Å². The van der Waals surface area contributed by atoms with Crippen molar-refractivity contribution >= 4 is 11.5 Å². The first kappa shape index (κ1) is 9.86. The summed E-state index contributed by atoms with van der Waals surface area (Å²) in [4.78, 5) is 6.27. The second-order valence-corrected chi connectivity index (χ2v) is 4.28. The Bertz CT molecular complexity index is 378. The summed E-state index contributed by atoms with van der Waals surface area (Å²) in [7, 11) is 0. The maximum atomic E-state index is 10.0. The average Bonchev–Trinajstić information content (AvgIpc) is 2.66. The van der Waals surface area contributed by atoms with Crippen molar-refractivity contribution in [2.24, 2.45) is 0 Å². The summed E-state index contributed by atoms with van der Waals surface area (Å²) < 4.78 is 0. The van der Waals surface area contributed by atoms with Gasteiger partial charge in [-0.3, -0.25) is 0 Å². The van der Waals surface area contributed by atoms with E-state index in [2.05, 4.69) is 15.6 Å². The zero-order chi connectivity index (χ0) is 11.0. The molecule has 3 rings (SSSR count). The number of hydrogen-bond acceptors (Lipinski definition) is 5. The van der Waals surface area contributed by atoms with Crippen molar-refractivity contribution in [1.82, 2.24) is 10.3 Å². The van der Waals surface area contributed by atoms with Gasteiger partial charge in [0.1, 0.15) is 0 Å². The zero-order valence-corrected chi connectivity index (χ0v) is 9.06. The van der Waals surface area contributed by atoms with Crippen LogP contribution in [-0.2, 0) is 0 Å². The largest absolute Gasteiger partial charge is 0.356 e. The zero-order valence-electron chi connectivity index (χ0n) is 9.06. The number of hydrogen-bond donors (Lipinski definition) is 3. The number of piperidine rings is 1. The van der Waals surface area contributed by atoms with Crippen LogP contribution in [0.4, 0.5) is 11.5 Å². The van der Waals surface area contributed by atoms with Crippen molar-refractivity contribution in [1.29, 1.82) is 0 Å². The van der Waals surface area contributed by atoms with Gasteiger partial charge in [0, 0.05) is 12.2 Å². The second-order valence-electron chi connectivity index (χ2n) is 4.28. The normalized spacial score (nSPS) is 25.3. The van der Waals surface area contributed by atoms with E-state index in [9.17, 15) is 5.11 Å². The Labute approximate surface area is 94.5 Å². The standard InChI is InChI=1S/C11H16N4O/c16-11-14-10-9(2-1-5-13-10)15(11)8-3-6-12-7-4-8/h1-2,5,8,11-12,16H,3-4,6-7H2,(H,13,14). The third-order valence-corrected chi connectivity index (χ3v) is 3.30. The highest BCUT2D eigenvalue weighted by molar-refractivity contribution is 5.71. The molecule has 0 radical (unpaired) electrons. The molecule has 0 bridgehead atoms. The summed E-state index contributed by atoms with van der Waals surface area (Å²) in [6.45, 7) is 2.03. The highest BCUT2D eigenvalue weighted by atomic mass is 16.3. The van der Waals surface area contributed by atoms with Crippen LogP contribution < -0.4 is 15.5 Å². The maximum absolute atomic E-state index is 10.0. The summed E-state index contributed by atoms with van der Waals surface area (Å²) in [5.41, 5.74) is 1.02. The summed E-state index contributed by atoms with van der Waals surface area (Å²) in [6.07, 6.45) is 3.23. The van der Waals surface area contributed by atoms with Crippen LogP contribution in [0.1, 0.15) is 12.8 Å². The molecule has 0 aliphatic carbocycles. The lowest BCUT2D eigenvalue weighted by Gasteiger charge is -2.34. The van der Waals surface area contributed by atoms with Crippen molar-refractivity contribution in [3.8, 4) is 0 Å². The van der Waals surface area contributed by atoms with Gasteiger partial charge in [-0.1, -0.05) is 0 Å². The highest BCUT2D eigenvalue weighted by Crippen LogP contribution is 2.34. The van der Waals surface area contributed by atoms with Gasteiger partial charge in [-0.2, -0.15) is 0 Å². The molecule has 0 amide bonds. The summed E-state index contributed by atoms with van der Waals surface area (Å²) in [5.74, 6) is 0.786. The Kier molecular flexibility index (Phi) is 2.41. The molecule has 5 nitrogen and oxygen atoms in total. The smallest absolute Gasteiger partial charge is 0.206 e. The molecule has 2 aliphatic heterocycles. The molecule has 1 atom stereocenters. The minimum atomic E-state index is -0.631. The third-order valence-electron chi connectivity index (χ3n) is 3.30. The van der Waals surface area contributed by atoms with Gasteiger partial charge < -0.3 is 20.6 Å². The molecule has 1 unspecified atom stereocenters. The SMILES string of the molecule is OC1Nc2ncccc2N1C1CCNCC1. The number of aliphatic hydroxyl groups is 1. The topological polar surface area (TPSA) is 60.4 Å². The molecule has 1 aromatic heterocycles. The minimum absolute atomic E-state index is 0.397. The molecule has 1 fully saturated rings. The average molecular weight is 220 g/mol. The Morgan fingerprint density at radius 1 is 1.38 bits per heavy atom. The van der Waals surface area contributed by atoms with Crippen LogP contribution in [0.3, 0.4) is 0 Å². The molecule has 3 N–H and O–H groups in total. The van der Waals surface area contributed by atoms with E-state index in [0.717, 1.165) is 37.4 Å². The van der Waals surface area contributed by atoms with E-state index in [1.807, 2.05) is 17.0 Å². The van der Waals surface area contributed by atoms with Gasteiger partial charge in [-0.15, -0.1) is 0 Å². The molecule has 0 aromatic carbocycles. The van der Waals surface area contributed by atoms with Gasteiger partial charge in [0.15, 0.2) is 5.82 Å². The van der Waals surface area contributed by atoms with Gasteiger partial charge in [0.25, 0.3) is 0 Å². The summed E-state index contributed by atoms with van der Waals surface area (Å²) in [6, 6.07) is 4.31. The lowest BCUT2D eigenvalue weighted by molar-refractivity contribution is 0.184. The molecule has 1 saturated heterocycles. The van der Waals surface area contributed by atoms with Crippen LogP contribution in [0.15, 0.2) is 18.3 Å². The quantitative estimate of drug-likeness (QED) is 0.637. The fourth-order valence-corrected chi connectivity index (χ4v) is 2.52. The van der Waals surface area contributed by atoms with Crippen LogP contribution in [0.2, 0.25) is 0 Å². The predicted octanol–water partition coefficient (Wildman–Crippen LogP) is 0.341. The van der Waals surface area contributed by atoms with Gasteiger partial charge in [0.05, 0.1) is 5.69 Å². The molecular weight excluding hydrogens is 204 g/mol. The number of anilines is 2. The predicted molar refractivity (Wildman–Crippen MR) is 62.2 cm³/mol. The molecule has 86 valence electrons. The summed E-state index contributed by atoms with van der Waals surface area (Å²) in [5, 5.41) is 16.3. The van der Waals surface area contributed by atoms with Crippen LogP contribution >= 0.6 is 0 Å². The number of fused-ring (bicyclic) bond motifs is 1. The number of nitrogens with zero attached hydrogens (tertiary/aromatic N) is 2. The minimum Gasteiger partial charge on any atom is -0.356 e. The van der Waals surface area contributed by atoms with E-state index < -0.39 is 6.35 Å². The molecule has 2 aliphatic rings. The molecule has 1 aromatic rings. The molecule has 0 saturated carbocycles. The highest BCUT2D eigenvalue weighted by Gasteiger charge is 2.33. The third kappa shape index (κ3) is 1.52. The Hall–Kier alpha value is -1.33. The van der Waals surface area contributed by atoms with Crippen molar-refractivity contribution < 1.29 is 5.11 Å². The van der Waals surface area contributed by atoms with Crippen molar-refractivity contribution in [3.05, 3.63) is 18.3 Å². The van der Waals surface area contributed by atoms with Crippen LogP contribution in [0.25, 0.3) is 0 Å². The van der Waals surface area contributed by atoms with Crippen molar-refractivity contribution in [2.45, 2.75) is 25.2 Å². The summed E-state index contributed by atoms with van der Waals surface area (Å²) >= 11 is 0. The van der Waals surface area contributed by atoms with E-state index in [1.54, 1.807) is 6.20 Å². The fourth-order valence-electron chi connectivity index (χ4n) is 2.52. The molecule has 5 heteroatoms. The number of aromatic nitrogens is 1. The van der Waals surface area contributed by atoms with Gasteiger partial charge in [-0.05, 0) is 38.1 Å². The van der Waals surface area contributed by atoms with E-state index in [-0.39, 0.29) is 0 Å². The Balaban J connectivity index is 1.89. The van der Waals surface area contributed by atoms with Gasteiger partial charge >= 0.3 is 0 Å². The number of aliphatic hydroxyl groups excluding tert-OH is 1. The fraction of sp³-hybridized carbons (Fsp3) is 0.545. The Morgan fingerprint density at radius 3 is 3.00 bits per heavy atom. The maximum Gasteiger partial charge on any atom is 0.206 e. The van der Waals surface area contributed by atoms with E-state index in [4.69, 9.17) is 0 Å². The monoisotopic (exact) mass is 220 g/mol. The second kappa shape index (κ2) is 3.92. The number of pyridine rings is 1. The van der Waals surface area contributed by atoms with E-state index in [0.29, 0.717) is 6.04 Å². The van der Waals surface area contributed by atoms with Crippen molar-refractivity contribution in [2.75, 3.05) is 23.3 Å². The first-order valence-corrected chi connectivity index (χ1v) is 5.75. The molecule has 3 heterocycles. The molecule has 0 spiro atoms. The van der Waals surface area contributed by atoms with E-state index in [1.165, 1.54) is 0 Å². The van der Waals surface area contributed by atoms with E-state index >= 15 is 0 Å². The number of rotatable bonds is 1. The number of nitrogens with one attached hydrogen (secondary N) is 2.